The first-order valence-electron chi connectivity index (χ1n) is 6.32. The fourth-order valence-corrected chi connectivity index (χ4v) is 5.47. The van der Waals surface area contributed by atoms with Crippen LogP contribution < -0.4 is 5.73 Å². The molecule has 0 aromatic heterocycles. The lowest BCUT2D eigenvalue weighted by molar-refractivity contribution is 0.0255. The zero-order valence-electron chi connectivity index (χ0n) is 10.7. The van der Waals surface area contributed by atoms with Gasteiger partial charge in [0, 0.05) is 49.4 Å². The van der Waals surface area contributed by atoms with Gasteiger partial charge in [0.2, 0.25) is 0 Å². The number of nitrogens with zero attached hydrogens (tertiary/aromatic N) is 1. The molecule has 0 saturated carbocycles. The highest BCUT2D eigenvalue weighted by atomic mass is 32.2. The minimum atomic E-state index is -3.02. The predicted octanol–water partition coefficient (Wildman–Crippen LogP) is -0.230. The first-order chi connectivity index (χ1) is 8.48. The van der Waals surface area contributed by atoms with Crippen LogP contribution in [0, 0.1) is 5.92 Å². The van der Waals surface area contributed by atoms with Crippen molar-refractivity contribution in [3.8, 4) is 0 Å². The largest absolute Gasteiger partial charge is 0.381 e. The molecule has 5 nitrogen and oxygen atoms in total. The van der Waals surface area contributed by atoms with Crippen LogP contribution in [0.25, 0.3) is 0 Å². The van der Waals surface area contributed by atoms with E-state index in [4.69, 9.17) is 10.5 Å². The van der Waals surface area contributed by atoms with Crippen molar-refractivity contribution in [2.24, 2.45) is 11.7 Å². The Morgan fingerprint density at radius 1 is 1.50 bits per heavy atom. The maximum absolute atomic E-state index is 11.8. The van der Waals surface area contributed by atoms with Crippen molar-refractivity contribution in [2.45, 2.75) is 17.8 Å². The van der Waals surface area contributed by atoms with Crippen molar-refractivity contribution >= 4 is 21.6 Å². The molecule has 0 amide bonds. The van der Waals surface area contributed by atoms with E-state index in [0.29, 0.717) is 12.4 Å². The Kier molecular flexibility index (Phi) is 4.93. The van der Waals surface area contributed by atoms with E-state index in [1.54, 1.807) is 11.8 Å². The van der Waals surface area contributed by atoms with Crippen LogP contribution in [-0.2, 0) is 14.6 Å². The highest BCUT2D eigenvalue weighted by molar-refractivity contribution is 8.00. The smallest absolute Gasteiger partial charge is 0.164 e. The Balaban J connectivity index is 2.01. The Labute approximate surface area is 113 Å². The molecule has 2 rings (SSSR count). The molecule has 3 unspecified atom stereocenters. The van der Waals surface area contributed by atoms with Gasteiger partial charge in [-0.2, -0.15) is 11.8 Å². The summed E-state index contributed by atoms with van der Waals surface area (Å²) < 4.78 is 29.1. The second kappa shape index (κ2) is 6.09. The summed E-state index contributed by atoms with van der Waals surface area (Å²) in [6.45, 7) is 2.94. The molecule has 0 aromatic carbocycles. The summed E-state index contributed by atoms with van der Waals surface area (Å²) in [5.74, 6) is 1.92. The van der Waals surface area contributed by atoms with E-state index < -0.39 is 9.84 Å². The Hall–Kier alpha value is 0.180. The molecule has 0 radical (unpaired) electrons. The average molecular weight is 294 g/mol. The van der Waals surface area contributed by atoms with E-state index >= 15 is 0 Å². The minimum absolute atomic E-state index is 0.133. The Morgan fingerprint density at radius 3 is 2.94 bits per heavy atom. The third kappa shape index (κ3) is 3.60. The Bertz CT molecular complexity index is 374. The number of sulfone groups is 1. The second-order valence-corrected chi connectivity index (χ2v) is 8.49. The lowest BCUT2D eigenvalue weighted by atomic mass is 9.96. The summed E-state index contributed by atoms with van der Waals surface area (Å²) in [5.41, 5.74) is 6.09. The summed E-state index contributed by atoms with van der Waals surface area (Å²) in [6, 6.07) is 0.133. The second-order valence-electron chi connectivity index (χ2n) is 5.14. The number of ether oxygens (including phenoxy) is 1. The van der Waals surface area contributed by atoms with Gasteiger partial charge in [-0.3, -0.25) is 4.90 Å². The molecule has 0 bridgehead atoms. The zero-order chi connectivity index (χ0) is 13.2. The molecule has 106 valence electrons. The summed E-state index contributed by atoms with van der Waals surface area (Å²) in [4.78, 5) is 2.07. The average Bonchev–Trinajstić information content (AvgIpc) is 2.31. The number of hydrogen-bond acceptors (Lipinski definition) is 6. The van der Waals surface area contributed by atoms with Crippen LogP contribution >= 0.6 is 11.8 Å². The number of thioether (sulfide) groups is 1. The SMILES string of the molecule is CS(=O)(=O)C1CSCCN1CC1COCCC1N. The lowest BCUT2D eigenvalue weighted by Gasteiger charge is -2.39. The topological polar surface area (TPSA) is 72.6 Å². The van der Waals surface area contributed by atoms with Gasteiger partial charge in [-0.15, -0.1) is 0 Å². The molecule has 0 spiro atoms. The maximum Gasteiger partial charge on any atom is 0.164 e. The van der Waals surface area contributed by atoms with E-state index in [-0.39, 0.29) is 17.3 Å². The van der Waals surface area contributed by atoms with Crippen LogP contribution in [0.15, 0.2) is 0 Å². The molecular formula is C11H22N2O3S2. The molecule has 18 heavy (non-hydrogen) atoms. The van der Waals surface area contributed by atoms with E-state index in [9.17, 15) is 8.42 Å². The summed E-state index contributed by atoms with van der Waals surface area (Å²) in [7, 11) is -3.02. The van der Waals surface area contributed by atoms with Crippen molar-refractivity contribution in [1.29, 1.82) is 0 Å². The van der Waals surface area contributed by atoms with Gasteiger partial charge in [0.25, 0.3) is 0 Å². The molecule has 2 fully saturated rings. The minimum Gasteiger partial charge on any atom is -0.381 e. The molecule has 2 aliphatic heterocycles. The number of nitrogens with two attached hydrogens (primary N) is 1. The van der Waals surface area contributed by atoms with Crippen LogP contribution in [0.5, 0.6) is 0 Å². The normalized spacial score (nSPS) is 35.6. The summed E-state index contributed by atoms with van der Waals surface area (Å²) in [6.07, 6.45) is 2.20. The zero-order valence-corrected chi connectivity index (χ0v) is 12.4. The van der Waals surface area contributed by atoms with Gasteiger partial charge in [0.1, 0.15) is 5.37 Å². The molecule has 7 heteroatoms. The van der Waals surface area contributed by atoms with Crippen LogP contribution in [0.3, 0.4) is 0 Å². The monoisotopic (exact) mass is 294 g/mol. The van der Waals surface area contributed by atoms with Crippen molar-refractivity contribution < 1.29 is 13.2 Å². The molecule has 0 aromatic rings. The fourth-order valence-electron chi connectivity index (χ4n) is 2.52. The fraction of sp³-hybridized carbons (Fsp3) is 1.00. The molecule has 2 saturated heterocycles. The van der Waals surface area contributed by atoms with E-state index in [0.717, 1.165) is 31.9 Å². The molecule has 2 N–H and O–H groups in total. The number of rotatable bonds is 3. The molecule has 2 heterocycles. The third-order valence-electron chi connectivity index (χ3n) is 3.69. The van der Waals surface area contributed by atoms with E-state index in [1.807, 2.05) is 0 Å². The predicted molar refractivity (Wildman–Crippen MR) is 74.4 cm³/mol. The van der Waals surface area contributed by atoms with Crippen LogP contribution in [0.4, 0.5) is 0 Å². The molecular weight excluding hydrogens is 272 g/mol. The highest BCUT2D eigenvalue weighted by Gasteiger charge is 2.34. The van der Waals surface area contributed by atoms with Gasteiger partial charge >= 0.3 is 0 Å². The van der Waals surface area contributed by atoms with Gasteiger partial charge in [-0.1, -0.05) is 0 Å². The summed E-state index contributed by atoms with van der Waals surface area (Å²) in [5, 5.41) is -0.356. The molecule has 3 atom stereocenters. The van der Waals surface area contributed by atoms with Gasteiger partial charge in [0.05, 0.1) is 6.61 Å². The van der Waals surface area contributed by atoms with Gasteiger partial charge in [-0.05, 0) is 6.42 Å². The third-order valence-corrected chi connectivity index (χ3v) is 6.37. The van der Waals surface area contributed by atoms with Gasteiger partial charge < -0.3 is 10.5 Å². The van der Waals surface area contributed by atoms with Crippen molar-refractivity contribution in [1.82, 2.24) is 4.90 Å². The Morgan fingerprint density at radius 2 is 2.28 bits per heavy atom. The maximum atomic E-state index is 11.8. The van der Waals surface area contributed by atoms with Gasteiger partial charge in [-0.25, -0.2) is 8.42 Å². The molecule has 0 aliphatic carbocycles. The number of hydrogen-bond donors (Lipinski definition) is 1. The van der Waals surface area contributed by atoms with E-state index in [1.165, 1.54) is 6.26 Å². The first-order valence-corrected chi connectivity index (χ1v) is 9.43. The van der Waals surface area contributed by atoms with Crippen LogP contribution in [0.1, 0.15) is 6.42 Å². The highest BCUT2D eigenvalue weighted by Crippen LogP contribution is 2.23. The lowest BCUT2D eigenvalue weighted by Crippen LogP contribution is -2.52. The van der Waals surface area contributed by atoms with Crippen LogP contribution in [-0.4, -0.2) is 68.8 Å². The van der Waals surface area contributed by atoms with Crippen molar-refractivity contribution in [3.63, 3.8) is 0 Å². The molecule has 2 aliphatic rings. The van der Waals surface area contributed by atoms with Crippen molar-refractivity contribution in [3.05, 3.63) is 0 Å². The first kappa shape index (κ1) is 14.6. The van der Waals surface area contributed by atoms with Crippen LogP contribution in [0.2, 0.25) is 0 Å². The summed E-state index contributed by atoms with van der Waals surface area (Å²) >= 11 is 1.71. The standard InChI is InChI=1S/C11H22N2O3S2/c1-18(14,15)11-8-17-5-3-13(11)6-9-7-16-4-2-10(9)12/h9-11H,2-8,12H2,1H3. The quantitative estimate of drug-likeness (QED) is 0.775. The van der Waals surface area contributed by atoms with Gasteiger partial charge in [0.15, 0.2) is 9.84 Å². The van der Waals surface area contributed by atoms with E-state index in [2.05, 4.69) is 4.90 Å². The van der Waals surface area contributed by atoms with Crippen molar-refractivity contribution in [2.75, 3.05) is 44.1 Å².